The molecule has 7 N–H and O–H groups in total. The Bertz CT molecular complexity index is 1820. The molecule has 0 aromatic heterocycles. The van der Waals surface area contributed by atoms with Crippen LogP contribution < -0.4 is 0 Å². The number of phenolic OH excluding ortho intramolecular Hbond substituents is 2. The van der Waals surface area contributed by atoms with Crippen LogP contribution in [-0.2, 0) is 23.7 Å². The molecule has 1 saturated heterocycles. The number of carbonyl (C=O) groups is 1. The topological polar surface area (TPSA) is 220 Å². The summed E-state index contributed by atoms with van der Waals surface area (Å²) in [5.41, 5.74) is 1.34. The van der Waals surface area contributed by atoms with Crippen LogP contribution in [0, 0.1) is 0 Å². The fraction of sp³-hybridized carbons (Fsp3) is 0.361. The number of ether oxygens (including phenoxy) is 4. The summed E-state index contributed by atoms with van der Waals surface area (Å²) in [6, 6.07) is 20.8. The van der Waals surface area contributed by atoms with Crippen LogP contribution in [-0.4, -0.2) is 130 Å². The number of aromatic hydroxyl groups is 2. The van der Waals surface area contributed by atoms with Crippen molar-refractivity contribution in [1.82, 2.24) is 0 Å². The van der Waals surface area contributed by atoms with Gasteiger partial charge >= 0.3 is 5.97 Å². The number of carbonyl (C=O) groups excluding carboxylic acids is 1. The lowest BCUT2D eigenvalue weighted by Crippen LogP contribution is -2.61. The molecule has 4 aromatic carbocycles. The number of aliphatic hydroxyl groups is 5. The van der Waals surface area contributed by atoms with Gasteiger partial charge in [-0.05, 0) is 35.0 Å². The summed E-state index contributed by atoms with van der Waals surface area (Å²) in [4.78, 5) is 20.5. The summed E-state index contributed by atoms with van der Waals surface area (Å²) in [5.74, 6) is -0.590. The van der Waals surface area contributed by atoms with E-state index < -0.39 is 68.4 Å². The summed E-state index contributed by atoms with van der Waals surface area (Å²) < 4.78 is 22.5. The second-order valence-corrected chi connectivity index (χ2v) is 11.7. The Morgan fingerprint density at radius 3 is 1.86 bits per heavy atom. The van der Waals surface area contributed by atoms with Crippen molar-refractivity contribution >= 4 is 39.9 Å². The Morgan fingerprint density at radius 1 is 0.800 bits per heavy atom. The molecule has 4 aromatic rings. The number of aliphatic hydroxyl groups excluding tert-OH is 5. The summed E-state index contributed by atoms with van der Waals surface area (Å²) >= 11 is 0. The van der Waals surface area contributed by atoms with Gasteiger partial charge in [-0.2, -0.15) is 0 Å². The number of benzene rings is 4. The van der Waals surface area contributed by atoms with Crippen molar-refractivity contribution in [3.63, 3.8) is 0 Å². The van der Waals surface area contributed by atoms with Crippen molar-refractivity contribution in [1.29, 1.82) is 0 Å². The van der Waals surface area contributed by atoms with E-state index in [4.69, 9.17) is 18.9 Å². The van der Waals surface area contributed by atoms with Crippen molar-refractivity contribution in [2.75, 3.05) is 26.3 Å². The third-order valence-corrected chi connectivity index (χ3v) is 8.24. The molecule has 1 aliphatic heterocycles. The maximum Gasteiger partial charge on any atom is 0.303 e. The van der Waals surface area contributed by atoms with Crippen LogP contribution in [0.1, 0.15) is 18.1 Å². The van der Waals surface area contributed by atoms with Gasteiger partial charge in [0.25, 0.3) is 0 Å². The molecule has 0 aliphatic carbocycles. The molecule has 0 amide bonds. The van der Waals surface area contributed by atoms with Crippen molar-refractivity contribution in [3.05, 3.63) is 83.9 Å². The van der Waals surface area contributed by atoms with Crippen molar-refractivity contribution in [2.45, 2.75) is 56.1 Å². The number of hydrogen-bond acceptors (Lipinski definition) is 14. The van der Waals surface area contributed by atoms with Crippen molar-refractivity contribution < 1.29 is 59.5 Å². The average Bonchev–Trinajstić information content (AvgIpc) is 3.11. The molecule has 0 bridgehead atoms. The Hall–Kier alpha value is -4.51. The van der Waals surface area contributed by atoms with Crippen molar-refractivity contribution in [3.8, 4) is 11.5 Å². The van der Waals surface area contributed by atoms with Gasteiger partial charge in [0.05, 0.1) is 26.3 Å². The van der Waals surface area contributed by atoms with E-state index in [9.17, 15) is 40.5 Å². The van der Waals surface area contributed by atoms with E-state index in [1.807, 2.05) is 24.3 Å². The molecule has 14 heteroatoms. The summed E-state index contributed by atoms with van der Waals surface area (Å²) in [6.07, 6.45) is -8.69. The van der Waals surface area contributed by atoms with Crippen LogP contribution in [0.2, 0.25) is 0 Å². The standard InChI is InChI=1S/C36H40N2O12/c1-20(41)47-35-33(45)31(19-40)50-36(34(35)46)49-29(16-37-14-21-10-12-27(42)25-8-4-2-6-23(21)25)30(18-39)48-32(44)17-38-15-22-11-13-28(43)26-9-5-3-7-24(22)26/h2-15,29-36,39-40,42-46H,16-19H2,1H3/t29-,30+,31+,32-,33-,34+,35-,36+/m0/s1. The van der Waals surface area contributed by atoms with E-state index in [-0.39, 0.29) is 24.6 Å². The van der Waals surface area contributed by atoms with Gasteiger partial charge in [-0.25, -0.2) is 0 Å². The number of phenols is 2. The summed E-state index contributed by atoms with van der Waals surface area (Å²) in [6.45, 7) is -0.764. The van der Waals surface area contributed by atoms with Gasteiger partial charge in [0, 0.05) is 41.3 Å². The number of nitrogens with zero attached hydrogens (tertiary/aromatic N) is 2. The molecule has 14 nitrogen and oxygen atoms in total. The minimum atomic E-state index is -1.72. The normalized spacial score (nSPS) is 23.0. The maximum atomic E-state index is 11.7. The first-order valence-corrected chi connectivity index (χ1v) is 15.9. The van der Waals surface area contributed by atoms with E-state index in [0.717, 1.165) is 12.3 Å². The lowest BCUT2D eigenvalue weighted by Gasteiger charge is -2.42. The van der Waals surface area contributed by atoms with Crippen LogP contribution in [0.5, 0.6) is 11.5 Å². The van der Waals surface area contributed by atoms with Crippen molar-refractivity contribution in [2.24, 2.45) is 9.98 Å². The number of aliphatic imine (C=N–C) groups is 2. The van der Waals surface area contributed by atoms with Gasteiger partial charge in [-0.3, -0.25) is 14.8 Å². The number of fused-ring (bicyclic) bond motifs is 2. The predicted octanol–water partition coefficient (Wildman–Crippen LogP) is 1.39. The zero-order valence-corrected chi connectivity index (χ0v) is 27.1. The lowest BCUT2D eigenvalue weighted by atomic mass is 9.99. The molecule has 266 valence electrons. The van der Waals surface area contributed by atoms with Gasteiger partial charge in [-0.15, -0.1) is 0 Å². The van der Waals surface area contributed by atoms with Gasteiger partial charge in [0.1, 0.15) is 42.0 Å². The zero-order chi connectivity index (χ0) is 35.8. The van der Waals surface area contributed by atoms with E-state index in [0.29, 0.717) is 27.3 Å². The van der Waals surface area contributed by atoms with Crippen LogP contribution >= 0.6 is 0 Å². The molecule has 50 heavy (non-hydrogen) atoms. The molecule has 1 aliphatic rings. The molecule has 1 heterocycles. The molecule has 8 atom stereocenters. The Morgan fingerprint density at radius 2 is 1.34 bits per heavy atom. The van der Waals surface area contributed by atoms with E-state index in [1.165, 1.54) is 24.6 Å². The highest BCUT2D eigenvalue weighted by Crippen LogP contribution is 2.29. The molecule has 0 spiro atoms. The second-order valence-electron chi connectivity index (χ2n) is 11.7. The van der Waals surface area contributed by atoms with Crippen LogP contribution in [0.15, 0.2) is 82.8 Å². The third kappa shape index (κ3) is 8.61. The fourth-order valence-corrected chi connectivity index (χ4v) is 5.74. The molecule has 0 unspecified atom stereocenters. The van der Waals surface area contributed by atoms with Gasteiger partial charge in [0.2, 0.25) is 0 Å². The highest BCUT2D eigenvalue weighted by molar-refractivity contribution is 6.03. The van der Waals surface area contributed by atoms with Crippen LogP contribution in [0.25, 0.3) is 21.5 Å². The third-order valence-electron chi connectivity index (χ3n) is 8.24. The quantitative estimate of drug-likeness (QED) is 0.0567. The fourth-order valence-electron chi connectivity index (χ4n) is 5.74. The number of esters is 1. The smallest absolute Gasteiger partial charge is 0.303 e. The molecule has 1 fully saturated rings. The van der Waals surface area contributed by atoms with Gasteiger partial charge < -0.3 is 54.7 Å². The average molecular weight is 693 g/mol. The van der Waals surface area contributed by atoms with E-state index >= 15 is 0 Å². The zero-order valence-electron chi connectivity index (χ0n) is 27.1. The van der Waals surface area contributed by atoms with E-state index in [1.54, 1.807) is 36.4 Å². The minimum Gasteiger partial charge on any atom is -0.507 e. The molecular formula is C36H40N2O12. The number of rotatable bonds is 14. The molecule has 0 radical (unpaired) electrons. The maximum absolute atomic E-state index is 11.7. The Balaban J connectivity index is 1.36. The first-order valence-electron chi connectivity index (χ1n) is 15.9. The van der Waals surface area contributed by atoms with Gasteiger partial charge in [0.15, 0.2) is 18.7 Å². The molecule has 5 rings (SSSR count). The van der Waals surface area contributed by atoms with Crippen LogP contribution in [0.3, 0.4) is 0 Å². The summed E-state index contributed by atoms with van der Waals surface area (Å²) in [5, 5.41) is 75.6. The highest BCUT2D eigenvalue weighted by atomic mass is 16.7. The summed E-state index contributed by atoms with van der Waals surface area (Å²) in [7, 11) is 0. The first-order chi connectivity index (χ1) is 24.1. The lowest BCUT2D eigenvalue weighted by molar-refractivity contribution is -0.322. The Kier molecular flexibility index (Phi) is 12.5. The van der Waals surface area contributed by atoms with Crippen LogP contribution in [0.4, 0.5) is 0 Å². The van der Waals surface area contributed by atoms with Gasteiger partial charge in [-0.1, -0.05) is 48.5 Å². The Labute approximate surface area is 287 Å². The molecule has 0 saturated carbocycles. The first kappa shape index (κ1) is 36.8. The molecular weight excluding hydrogens is 652 g/mol. The predicted molar refractivity (Wildman–Crippen MR) is 182 cm³/mol. The monoisotopic (exact) mass is 692 g/mol. The highest BCUT2D eigenvalue weighted by Gasteiger charge is 2.48. The second kappa shape index (κ2) is 16.9. The number of hydrogen-bond donors (Lipinski definition) is 7. The van der Waals surface area contributed by atoms with E-state index in [2.05, 4.69) is 9.98 Å². The minimum absolute atomic E-state index is 0.0920. The SMILES string of the molecule is CC(=O)O[C@H]1[C@@H](O)[C@@H](CO)O[C@@H](O[C@@H](CN=Cc2ccc(O)c3ccccc23)[C@@H](CO)O[C@H](O)CN=Cc2ccc(O)c3ccccc23)[C@@H]1O. The largest absolute Gasteiger partial charge is 0.507 e.